The maximum atomic E-state index is 14.2. The van der Waals surface area contributed by atoms with Gasteiger partial charge in [0.1, 0.15) is 5.82 Å². The van der Waals surface area contributed by atoms with Crippen molar-refractivity contribution in [2.75, 3.05) is 20.2 Å². The molecule has 1 amide bonds. The largest absolute Gasteiger partial charge is 0.364 e. The minimum Gasteiger partial charge on any atom is -0.364 e. The number of benzene rings is 1. The second-order valence-electron chi connectivity index (χ2n) is 6.15. The zero-order valence-corrected chi connectivity index (χ0v) is 14.7. The third-order valence-electron chi connectivity index (χ3n) is 4.79. The summed E-state index contributed by atoms with van der Waals surface area (Å²) in [6.45, 7) is 2.91. The highest BCUT2D eigenvalue weighted by atomic mass is 32.1. The monoisotopic (exact) mass is 348 g/mol. The molecule has 0 N–H and O–H groups in total. The fourth-order valence-electron chi connectivity index (χ4n) is 3.23. The van der Waals surface area contributed by atoms with Gasteiger partial charge in [0, 0.05) is 43.3 Å². The van der Waals surface area contributed by atoms with E-state index in [1.165, 1.54) is 13.2 Å². The molecule has 128 valence electrons. The quantitative estimate of drug-likeness (QED) is 0.849. The molecule has 1 aliphatic rings. The van der Waals surface area contributed by atoms with E-state index in [2.05, 4.69) is 4.98 Å². The van der Waals surface area contributed by atoms with Gasteiger partial charge in [-0.15, -0.1) is 11.3 Å². The van der Waals surface area contributed by atoms with Crippen LogP contribution in [0.4, 0.5) is 4.39 Å². The van der Waals surface area contributed by atoms with Gasteiger partial charge in [-0.1, -0.05) is 18.2 Å². The first-order valence-electron chi connectivity index (χ1n) is 8.05. The zero-order chi connectivity index (χ0) is 17.2. The predicted molar refractivity (Wildman–Crippen MR) is 91.4 cm³/mol. The van der Waals surface area contributed by atoms with Crippen LogP contribution in [0.25, 0.3) is 0 Å². The predicted octanol–water partition coefficient (Wildman–Crippen LogP) is 3.55. The molecule has 1 aromatic heterocycles. The maximum absolute atomic E-state index is 14.2. The van der Waals surface area contributed by atoms with Crippen molar-refractivity contribution in [2.24, 2.45) is 0 Å². The number of likely N-dealkylation sites (tertiary alicyclic amines) is 1. The lowest BCUT2D eigenvalue weighted by molar-refractivity contribution is -0.155. The maximum Gasteiger partial charge on any atom is 0.259 e. The molecule has 24 heavy (non-hydrogen) atoms. The van der Waals surface area contributed by atoms with Crippen molar-refractivity contribution < 1.29 is 13.9 Å². The van der Waals surface area contributed by atoms with E-state index in [9.17, 15) is 9.18 Å². The van der Waals surface area contributed by atoms with E-state index in [0.29, 0.717) is 19.0 Å². The Morgan fingerprint density at radius 3 is 2.67 bits per heavy atom. The number of piperidine rings is 1. The van der Waals surface area contributed by atoms with E-state index in [-0.39, 0.29) is 11.5 Å². The number of hydrogen-bond acceptors (Lipinski definition) is 4. The highest BCUT2D eigenvalue weighted by Crippen LogP contribution is 2.34. The molecule has 1 fully saturated rings. The number of ether oxygens (including phenoxy) is 1. The summed E-state index contributed by atoms with van der Waals surface area (Å²) in [5, 5.41) is 3.11. The van der Waals surface area contributed by atoms with E-state index in [0.717, 1.165) is 17.8 Å². The minimum atomic E-state index is -1.31. The van der Waals surface area contributed by atoms with Crippen molar-refractivity contribution in [3.63, 3.8) is 0 Å². The highest BCUT2D eigenvalue weighted by Gasteiger charge is 2.41. The number of thiazole rings is 1. The van der Waals surface area contributed by atoms with Crippen molar-refractivity contribution in [1.82, 2.24) is 9.88 Å². The van der Waals surface area contributed by atoms with Crippen LogP contribution >= 0.6 is 11.3 Å². The molecule has 0 radical (unpaired) electrons. The normalized spacial score (nSPS) is 18.4. The minimum absolute atomic E-state index is 0.187. The van der Waals surface area contributed by atoms with Gasteiger partial charge in [-0.2, -0.15) is 0 Å². The van der Waals surface area contributed by atoms with E-state index in [1.807, 2.05) is 11.6 Å². The summed E-state index contributed by atoms with van der Waals surface area (Å²) in [6.07, 6.45) is 3.56. The fourth-order valence-corrected chi connectivity index (χ4v) is 4.04. The molecule has 0 saturated carbocycles. The van der Waals surface area contributed by atoms with Crippen LogP contribution in [0.15, 0.2) is 35.8 Å². The lowest BCUT2D eigenvalue weighted by atomic mass is 9.91. The van der Waals surface area contributed by atoms with E-state index in [1.54, 1.807) is 41.4 Å². The van der Waals surface area contributed by atoms with Crippen LogP contribution in [0, 0.1) is 5.82 Å². The SMILES string of the molecule is CO[C@@](C)(C(=O)N1CCC(c2nccs2)CC1)c1ccccc1F. The van der Waals surface area contributed by atoms with Crippen LogP contribution in [0.2, 0.25) is 0 Å². The molecule has 2 aromatic rings. The van der Waals surface area contributed by atoms with Gasteiger partial charge in [-0.25, -0.2) is 9.37 Å². The molecule has 1 atom stereocenters. The first-order chi connectivity index (χ1) is 11.6. The van der Waals surface area contributed by atoms with Crippen molar-refractivity contribution >= 4 is 17.2 Å². The number of carbonyl (C=O) groups excluding carboxylic acids is 1. The lowest BCUT2D eigenvalue weighted by Crippen LogP contribution is -2.49. The number of rotatable bonds is 4. The Morgan fingerprint density at radius 2 is 2.08 bits per heavy atom. The molecule has 3 rings (SSSR count). The summed E-state index contributed by atoms with van der Waals surface area (Å²) in [6, 6.07) is 6.30. The highest BCUT2D eigenvalue weighted by molar-refractivity contribution is 7.09. The van der Waals surface area contributed by atoms with Crippen LogP contribution in [-0.4, -0.2) is 36.0 Å². The van der Waals surface area contributed by atoms with Crippen LogP contribution in [0.5, 0.6) is 0 Å². The zero-order valence-electron chi connectivity index (χ0n) is 13.9. The Hall–Kier alpha value is -1.79. The van der Waals surface area contributed by atoms with E-state index < -0.39 is 11.4 Å². The van der Waals surface area contributed by atoms with Gasteiger partial charge in [0.05, 0.1) is 5.01 Å². The molecule has 0 unspecified atom stereocenters. The van der Waals surface area contributed by atoms with Crippen molar-refractivity contribution in [3.05, 3.63) is 52.2 Å². The molecule has 1 saturated heterocycles. The Morgan fingerprint density at radius 1 is 1.38 bits per heavy atom. The lowest BCUT2D eigenvalue weighted by Gasteiger charge is -2.37. The Kier molecular flexibility index (Phi) is 4.96. The van der Waals surface area contributed by atoms with Crippen molar-refractivity contribution in [2.45, 2.75) is 31.3 Å². The fraction of sp³-hybridized carbons (Fsp3) is 0.444. The van der Waals surface area contributed by atoms with Gasteiger partial charge in [0.2, 0.25) is 0 Å². The van der Waals surface area contributed by atoms with Crippen LogP contribution < -0.4 is 0 Å². The summed E-state index contributed by atoms with van der Waals surface area (Å²) in [4.78, 5) is 19.2. The molecular weight excluding hydrogens is 327 g/mol. The standard InChI is InChI=1S/C18H21FN2O2S/c1-18(23-2,14-5-3-4-6-15(14)19)17(22)21-10-7-13(8-11-21)16-20-9-12-24-16/h3-6,9,12-13H,7-8,10-11H2,1-2H3/t18-/m1/s1. The topological polar surface area (TPSA) is 42.4 Å². The second kappa shape index (κ2) is 6.99. The number of aromatic nitrogens is 1. The number of hydrogen-bond donors (Lipinski definition) is 0. The third kappa shape index (κ3) is 3.08. The van der Waals surface area contributed by atoms with Gasteiger partial charge in [-0.05, 0) is 25.8 Å². The molecule has 1 aliphatic heterocycles. The number of nitrogens with zero attached hydrogens (tertiary/aromatic N) is 2. The smallest absolute Gasteiger partial charge is 0.259 e. The van der Waals surface area contributed by atoms with Gasteiger partial charge in [0.15, 0.2) is 5.60 Å². The van der Waals surface area contributed by atoms with Gasteiger partial charge in [0.25, 0.3) is 5.91 Å². The van der Waals surface area contributed by atoms with Crippen molar-refractivity contribution in [1.29, 1.82) is 0 Å². The molecule has 6 heteroatoms. The van der Waals surface area contributed by atoms with Crippen LogP contribution in [-0.2, 0) is 15.1 Å². The third-order valence-corrected chi connectivity index (χ3v) is 5.73. The van der Waals surface area contributed by atoms with Crippen LogP contribution in [0.1, 0.15) is 36.3 Å². The molecule has 4 nitrogen and oxygen atoms in total. The van der Waals surface area contributed by atoms with Gasteiger partial charge < -0.3 is 9.64 Å². The average Bonchev–Trinajstić information content (AvgIpc) is 3.15. The summed E-state index contributed by atoms with van der Waals surface area (Å²) in [5.41, 5.74) is -1.03. The van der Waals surface area contributed by atoms with Gasteiger partial charge >= 0.3 is 0 Å². The molecule has 2 heterocycles. The number of amides is 1. The van der Waals surface area contributed by atoms with Crippen LogP contribution in [0.3, 0.4) is 0 Å². The molecule has 0 bridgehead atoms. The first-order valence-corrected chi connectivity index (χ1v) is 8.93. The summed E-state index contributed by atoms with van der Waals surface area (Å²) < 4.78 is 19.7. The summed E-state index contributed by atoms with van der Waals surface area (Å²) >= 11 is 1.66. The summed E-state index contributed by atoms with van der Waals surface area (Å²) in [7, 11) is 1.45. The molecule has 1 aromatic carbocycles. The van der Waals surface area contributed by atoms with Gasteiger partial charge in [-0.3, -0.25) is 4.79 Å². The van der Waals surface area contributed by atoms with Crippen molar-refractivity contribution in [3.8, 4) is 0 Å². The number of carbonyl (C=O) groups is 1. The van der Waals surface area contributed by atoms with E-state index >= 15 is 0 Å². The first kappa shape index (κ1) is 17.0. The average molecular weight is 348 g/mol. The second-order valence-corrected chi connectivity index (χ2v) is 7.08. The number of halogens is 1. The Labute approximate surface area is 145 Å². The summed E-state index contributed by atoms with van der Waals surface area (Å²) in [5.74, 6) is -0.211. The molecule has 0 spiro atoms. The Bertz CT molecular complexity index is 699. The van der Waals surface area contributed by atoms with E-state index in [4.69, 9.17) is 4.74 Å². The molecule has 0 aliphatic carbocycles. The number of methoxy groups -OCH3 is 1. The molecular formula is C18H21FN2O2S. The Balaban J connectivity index is 1.75.